The SMILES string of the molecule is COCC1OC(COC(C)C)C(OC(C)C)C(OC(C)C)C1OC(C)C. The minimum Gasteiger partial charge on any atom is -0.382 e. The molecule has 6 heteroatoms. The molecule has 1 aliphatic rings. The molecular weight excluding hydrogens is 336 g/mol. The smallest absolute Gasteiger partial charge is 0.115 e. The first-order valence-electron chi connectivity index (χ1n) is 9.88. The molecule has 0 saturated carbocycles. The highest BCUT2D eigenvalue weighted by atomic mass is 16.6. The zero-order valence-electron chi connectivity index (χ0n) is 18.1. The summed E-state index contributed by atoms with van der Waals surface area (Å²) in [6.07, 6.45) is -1.02. The minimum absolute atomic E-state index is 0.0436. The number of rotatable bonds is 11. The van der Waals surface area contributed by atoms with Crippen molar-refractivity contribution in [3.63, 3.8) is 0 Å². The van der Waals surface area contributed by atoms with Crippen molar-refractivity contribution in [2.24, 2.45) is 0 Å². The lowest BCUT2D eigenvalue weighted by Crippen LogP contribution is -2.63. The summed E-state index contributed by atoms with van der Waals surface area (Å²) in [6, 6.07) is 0. The summed E-state index contributed by atoms with van der Waals surface area (Å²) in [4.78, 5) is 0. The van der Waals surface area contributed by atoms with E-state index < -0.39 is 0 Å². The maximum atomic E-state index is 6.34. The minimum atomic E-state index is -0.270. The third-order valence-corrected chi connectivity index (χ3v) is 3.94. The van der Waals surface area contributed by atoms with Gasteiger partial charge in [-0.05, 0) is 55.4 Å². The van der Waals surface area contributed by atoms with E-state index in [1.807, 2.05) is 55.4 Å². The first-order chi connectivity index (χ1) is 12.1. The summed E-state index contributed by atoms with van der Waals surface area (Å²) in [6.45, 7) is 17.0. The molecule has 1 heterocycles. The molecule has 0 aliphatic carbocycles. The van der Waals surface area contributed by atoms with Crippen LogP contribution in [0.3, 0.4) is 0 Å². The lowest BCUT2D eigenvalue weighted by Gasteiger charge is -2.47. The summed E-state index contributed by atoms with van der Waals surface area (Å²) >= 11 is 0. The number of methoxy groups -OCH3 is 1. The molecule has 1 saturated heterocycles. The van der Waals surface area contributed by atoms with Crippen molar-refractivity contribution in [3.05, 3.63) is 0 Å². The average molecular weight is 377 g/mol. The van der Waals surface area contributed by atoms with Crippen molar-refractivity contribution in [2.75, 3.05) is 20.3 Å². The van der Waals surface area contributed by atoms with E-state index in [0.717, 1.165) is 0 Å². The molecule has 26 heavy (non-hydrogen) atoms. The molecule has 1 rings (SSSR count). The summed E-state index contributed by atoms with van der Waals surface area (Å²) in [5, 5.41) is 0. The second-order valence-corrected chi connectivity index (χ2v) is 8.00. The van der Waals surface area contributed by atoms with Gasteiger partial charge in [-0.1, -0.05) is 0 Å². The highest BCUT2D eigenvalue weighted by Gasteiger charge is 2.49. The summed E-state index contributed by atoms with van der Waals surface area (Å²) in [5.74, 6) is 0. The maximum absolute atomic E-state index is 6.34. The lowest BCUT2D eigenvalue weighted by atomic mass is 9.94. The molecule has 0 spiro atoms. The van der Waals surface area contributed by atoms with E-state index in [1.165, 1.54) is 0 Å². The van der Waals surface area contributed by atoms with Crippen molar-refractivity contribution < 1.29 is 28.4 Å². The van der Waals surface area contributed by atoms with Crippen LogP contribution >= 0.6 is 0 Å². The predicted molar refractivity (Wildman–Crippen MR) is 102 cm³/mol. The second-order valence-electron chi connectivity index (χ2n) is 8.00. The van der Waals surface area contributed by atoms with Crippen LogP contribution < -0.4 is 0 Å². The van der Waals surface area contributed by atoms with Crippen molar-refractivity contribution in [1.29, 1.82) is 0 Å². The van der Waals surface area contributed by atoms with Gasteiger partial charge in [0.15, 0.2) is 0 Å². The topological polar surface area (TPSA) is 55.4 Å². The van der Waals surface area contributed by atoms with Crippen LogP contribution in [-0.4, -0.2) is 75.3 Å². The third-order valence-electron chi connectivity index (χ3n) is 3.94. The van der Waals surface area contributed by atoms with Gasteiger partial charge < -0.3 is 28.4 Å². The van der Waals surface area contributed by atoms with Crippen molar-refractivity contribution >= 4 is 0 Å². The molecule has 0 radical (unpaired) electrons. The molecule has 156 valence electrons. The Hall–Kier alpha value is -0.240. The number of hydrogen-bond donors (Lipinski definition) is 0. The van der Waals surface area contributed by atoms with Crippen molar-refractivity contribution in [2.45, 2.75) is 110 Å². The lowest BCUT2D eigenvalue weighted by molar-refractivity contribution is -0.288. The van der Waals surface area contributed by atoms with Crippen molar-refractivity contribution in [3.8, 4) is 0 Å². The highest BCUT2D eigenvalue weighted by molar-refractivity contribution is 4.96. The van der Waals surface area contributed by atoms with Gasteiger partial charge in [-0.25, -0.2) is 0 Å². The van der Waals surface area contributed by atoms with E-state index in [2.05, 4.69) is 0 Å². The molecule has 0 amide bonds. The Morgan fingerprint density at radius 3 is 1.42 bits per heavy atom. The Morgan fingerprint density at radius 1 is 0.615 bits per heavy atom. The van der Waals surface area contributed by atoms with Gasteiger partial charge in [-0.15, -0.1) is 0 Å². The summed E-state index contributed by atoms with van der Waals surface area (Å²) < 4.78 is 36.3. The monoisotopic (exact) mass is 376 g/mol. The van der Waals surface area contributed by atoms with E-state index in [-0.39, 0.29) is 54.9 Å². The fraction of sp³-hybridized carbons (Fsp3) is 1.00. The van der Waals surface area contributed by atoms with Crippen molar-refractivity contribution in [1.82, 2.24) is 0 Å². The van der Waals surface area contributed by atoms with Crippen LogP contribution in [0.5, 0.6) is 0 Å². The van der Waals surface area contributed by atoms with Crippen LogP contribution in [0.4, 0.5) is 0 Å². The van der Waals surface area contributed by atoms with E-state index in [9.17, 15) is 0 Å². The van der Waals surface area contributed by atoms with E-state index in [0.29, 0.717) is 13.2 Å². The molecule has 1 fully saturated rings. The number of hydrogen-bond acceptors (Lipinski definition) is 6. The molecular formula is C20H40O6. The molecule has 0 aromatic heterocycles. The van der Waals surface area contributed by atoms with E-state index in [1.54, 1.807) is 7.11 Å². The van der Waals surface area contributed by atoms with Crippen LogP contribution in [0.2, 0.25) is 0 Å². The standard InChI is InChI=1S/C20H40O6/c1-12(2)22-11-17-19(24-14(5)6)20(25-15(7)8)18(23-13(3)4)16(26-17)10-21-9/h12-20H,10-11H2,1-9H3. The Morgan fingerprint density at radius 2 is 1.04 bits per heavy atom. The summed E-state index contributed by atoms with van der Waals surface area (Å²) in [5.41, 5.74) is 0. The molecule has 0 bridgehead atoms. The first-order valence-corrected chi connectivity index (χ1v) is 9.88. The van der Waals surface area contributed by atoms with Crippen LogP contribution in [-0.2, 0) is 28.4 Å². The Balaban J connectivity index is 3.14. The Bertz CT molecular complexity index is 371. The van der Waals surface area contributed by atoms with Gasteiger partial charge in [0.25, 0.3) is 0 Å². The summed E-state index contributed by atoms with van der Waals surface area (Å²) in [7, 11) is 1.67. The molecule has 6 nitrogen and oxygen atoms in total. The largest absolute Gasteiger partial charge is 0.382 e. The fourth-order valence-electron chi connectivity index (χ4n) is 3.14. The Kier molecular flexibility index (Phi) is 10.6. The molecule has 5 atom stereocenters. The van der Waals surface area contributed by atoms with Gasteiger partial charge in [-0.2, -0.15) is 0 Å². The van der Waals surface area contributed by atoms with Crippen LogP contribution in [0, 0.1) is 0 Å². The zero-order chi connectivity index (χ0) is 19.9. The van der Waals surface area contributed by atoms with Gasteiger partial charge in [-0.3, -0.25) is 0 Å². The van der Waals surface area contributed by atoms with Gasteiger partial charge in [0, 0.05) is 7.11 Å². The molecule has 0 aromatic rings. The molecule has 5 unspecified atom stereocenters. The van der Waals surface area contributed by atoms with Gasteiger partial charge >= 0.3 is 0 Å². The fourth-order valence-corrected chi connectivity index (χ4v) is 3.14. The van der Waals surface area contributed by atoms with Crippen LogP contribution in [0.15, 0.2) is 0 Å². The normalized spacial score (nSPS) is 30.1. The maximum Gasteiger partial charge on any atom is 0.115 e. The van der Waals surface area contributed by atoms with Crippen LogP contribution in [0.1, 0.15) is 55.4 Å². The number of ether oxygens (including phenoxy) is 6. The van der Waals surface area contributed by atoms with Crippen LogP contribution in [0.25, 0.3) is 0 Å². The van der Waals surface area contributed by atoms with E-state index >= 15 is 0 Å². The highest BCUT2D eigenvalue weighted by Crippen LogP contribution is 2.31. The molecule has 0 aromatic carbocycles. The predicted octanol–water partition coefficient (Wildman–Crippen LogP) is 3.21. The quantitative estimate of drug-likeness (QED) is 0.552. The van der Waals surface area contributed by atoms with E-state index in [4.69, 9.17) is 28.4 Å². The van der Waals surface area contributed by atoms with Gasteiger partial charge in [0.05, 0.1) is 37.6 Å². The van der Waals surface area contributed by atoms with Gasteiger partial charge in [0.1, 0.15) is 30.5 Å². The average Bonchev–Trinajstić information content (AvgIpc) is 2.50. The van der Waals surface area contributed by atoms with Gasteiger partial charge in [0.2, 0.25) is 0 Å². The Labute approximate surface area is 159 Å². The third kappa shape index (κ3) is 7.79. The second kappa shape index (κ2) is 11.6. The molecule has 0 N–H and O–H groups in total. The molecule has 1 aliphatic heterocycles. The zero-order valence-corrected chi connectivity index (χ0v) is 18.1. The first kappa shape index (κ1) is 23.8.